The number of carbonyl (C=O) groups excluding carboxylic acids is 1. The SMILES string of the molecule is COC(=O)C(C)(C)NCC(C)(C)c1cccnc1. The molecule has 0 atom stereocenters. The summed E-state index contributed by atoms with van der Waals surface area (Å²) in [6.07, 6.45) is 3.61. The minimum atomic E-state index is -0.686. The lowest BCUT2D eigenvalue weighted by Gasteiger charge is -2.31. The third-order valence-corrected chi connectivity index (χ3v) is 3.11. The molecule has 18 heavy (non-hydrogen) atoms. The Bertz CT molecular complexity index is 400. The highest BCUT2D eigenvalue weighted by Gasteiger charge is 2.31. The summed E-state index contributed by atoms with van der Waals surface area (Å²) >= 11 is 0. The van der Waals surface area contributed by atoms with Crippen molar-refractivity contribution < 1.29 is 9.53 Å². The molecule has 0 unspecified atom stereocenters. The van der Waals surface area contributed by atoms with Crippen LogP contribution in [0.25, 0.3) is 0 Å². The van der Waals surface area contributed by atoms with Crippen LogP contribution in [0, 0.1) is 0 Å². The Morgan fingerprint density at radius 1 is 1.39 bits per heavy atom. The number of rotatable bonds is 5. The number of carbonyl (C=O) groups is 1. The molecule has 100 valence electrons. The first-order chi connectivity index (χ1) is 8.29. The van der Waals surface area contributed by atoms with Crippen LogP contribution in [0.1, 0.15) is 33.3 Å². The van der Waals surface area contributed by atoms with E-state index in [0.29, 0.717) is 6.54 Å². The van der Waals surface area contributed by atoms with Gasteiger partial charge in [0.05, 0.1) is 7.11 Å². The Hall–Kier alpha value is -1.42. The maximum atomic E-state index is 11.6. The van der Waals surface area contributed by atoms with Crippen molar-refractivity contribution in [1.29, 1.82) is 0 Å². The van der Waals surface area contributed by atoms with Gasteiger partial charge in [-0.2, -0.15) is 0 Å². The molecular weight excluding hydrogens is 228 g/mol. The van der Waals surface area contributed by atoms with E-state index in [1.165, 1.54) is 7.11 Å². The quantitative estimate of drug-likeness (QED) is 0.811. The largest absolute Gasteiger partial charge is 0.468 e. The molecule has 0 aliphatic heterocycles. The molecule has 0 saturated carbocycles. The third kappa shape index (κ3) is 3.53. The second kappa shape index (κ2) is 5.48. The van der Waals surface area contributed by atoms with Crippen LogP contribution in [0.3, 0.4) is 0 Å². The van der Waals surface area contributed by atoms with E-state index in [4.69, 9.17) is 4.74 Å². The van der Waals surface area contributed by atoms with Crippen LogP contribution in [-0.4, -0.2) is 30.1 Å². The maximum absolute atomic E-state index is 11.6. The number of aromatic nitrogens is 1. The summed E-state index contributed by atoms with van der Waals surface area (Å²) < 4.78 is 4.77. The molecule has 1 rings (SSSR count). The Morgan fingerprint density at radius 2 is 2.06 bits per heavy atom. The standard InChI is InChI=1S/C14H22N2O2/c1-13(2,11-7-6-8-15-9-11)10-16-14(3,4)12(17)18-5/h6-9,16H,10H2,1-5H3. The van der Waals surface area contributed by atoms with Gasteiger partial charge in [-0.3, -0.25) is 9.78 Å². The monoisotopic (exact) mass is 250 g/mol. The lowest BCUT2D eigenvalue weighted by atomic mass is 9.85. The average Bonchev–Trinajstić information content (AvgIpc) is 2.36. The second-order valence-electron chi connectivity index (χ2n) is 5.60. The van der Waals surface area contributed by atoms with Crippen LogP contribution in [0.2, 0.25) is 0 Å². The summed E-state index contributed by atoms with van der Waals surface area (Å²) in [5.41, 5.74) is 0.353. The third-order valence-electron chi connectivity index (χ3n) is 3.11. The molecule has 0 amide bonds. The highest BCUT2D eigenvalue weighted by Crippen LogP contribution is 2.22. The van der Waals surface area contributed by atoms with Crippen molar-refractivity contribution in [2.24, 2.45) is 0 Å². The molecule has 1 aromatic heterocycles. The highest BCUT2D eigenvalue weighted by molar-refractivity contribution is 5.79. The molecule has 1 heterocycles. The van der Waals surface area contributed by atoms with Gasteiger partial charge in [0.2, 0.25) is 0 Å². The number of hydrogen-bond donors (Lipinski definition) is 1. The number of hydrogen-bond acceptors (Lipinski definition) is 4. The van der Waals surface area contributed by atoms with Gasteiger partial charge < -0.3 is 10.1 Å². The molecule has 0 fully saturated rings. The first-order valence-corrected chi connectivity index (χ1v) is 6.03. The van der Waals surface area contributed by atoms with Crippen LogP contribution >= 0.6 is 0 Å². The summed E-state index contributed by atoms with van der Waals surface area (Å²) in [7, 11) is 1.40. The van der Waals surface area contributed by atoms with E-state index in [0.717, 1.165) is 5.56 Å². The van der Waals surface area contributed by atoms with Gasteiger partial charge in [-0.1, -0.05) is 19.9 Å². The van der Waals surface area contributed by atoms with Crippen molar-refractivity contribution in [3.63, 3.8) is 0 Å². The number of methoxy groups -OCH3 is 1. The fourth-order valence-electron chi connectivity index (χ4n) is 1.63. The van der Waals surface area contributed by atoms with Gasteiger partial charge in [0.25, 0.3) is 0 Å². The zero-order valence-electron chi connectivity index (χ0n) is 11.8. The summed E-state index contributed by atoms with van der Waals surface area (Å²) in [5, 5.41) is 3.25. The predicted molar refractivity (Wildman–Crippen MR) is 71.4 cm³/mol. The smallest absolute Gasteiger partial charge is 0.325 e. The van der Waals surface area contributed by atoms with Crippen molar-refractivity contribution in [3.05, 3.63) is 30.1 Å². The number of ether oxygens (including phenoxy) is 1. The molecule has 0 aromatic carbocycles. The zero-order valence-corrected chi connectivity index (χ0v) is 11.8. The topological polar surface area (TPSA) is 51.2 Å². The van der Waals surface area contributed by atoms with Crippen LogP contribution in [0.5, 0.6) is 0 Å². The number of pyridine rings is 1. The Balaban J connectivity index is 2.71. The van der Waals surface area contributed by atoms with Crippen LogP contribution in [0.15, 0.2) is 24.5 Å². The van der Waals surface area contributed by atoms with E-state index in [9.17, 15) is 4.79 Å². The van der Waals surface area contributed by atoms with E-state index in [1.54, 1.807) is 6.20 Å². The molecule has 1 N–H and O–H groups in total. The van der Waals surface area contributed by atoms with Crippen LogP contribution < -0.4 is 5.32 Å². The number of nitrogens with zero attached hydrogens (tertiary/aromatic N) is 1. The van der Waals surface area contributed by atoms with Crippen molar-refractivity contribution in [2.75, 3.05) is 13.7 Å². The molecule has 0 bridgehead atoms. The lowest BCUT2D eigenvalue weighted by molar-refractivity contribution is -0.147. The minimum absolute atomic E-state index is 0.0977. The summed E-state index contributed by atoms with van der Waals surface area (Å²) in [4.78, 5) is 15.7. The summed E-state index contributed by atoms with van der Waals surface area (Å²) in [6, 6.07) is 3.96. The molecule has 0 spiro atoms. The fraction of sp³-hybridized carbons (Fsp3) is 0.571. The van der Waals surface area contributed by atoms with Crippen LogP contribution in [0.4, 0.5) is 0 Å². The number of esters is 1. The zero-order chi connectivity index (χ0) is 13.8. The fourth-order valence-corrected chi connectivity index (χ4v) is 1.63. The molecule has 0 aliphatic carbocycles. The second-order valence-corrected chi connectivity index (χ2v) is 5.60. The Labute approximate surface area is 109 Å². The van der Waals surface area contributed by atoms with Crippen molar-refractivity contribution in [3.8, 4) is 0 Å². The molecule has 4 heteroatoms. The van der Waals surface area contributed by atoms with Crippen molar-refractivity contribution in [2.45, 2.75) is 38.6 Å². The van der Waals surface area contributed by atoms with E-state index in [-0.39, 0.29) is 11.4 Å². The van der Waals surface area contributed by atoms with E-state index < -0.39 is 5.54 Å². The first-order valence-electron chi connectivity index (χ1n) is 6.03. The normalized spacial score (nSPS) is 12.3. The summed E-state index contributed by atoms with van der Waals surface area (Å²) in [5.74, 6) is -0.260. The Morgan fingerprint density at radius 3 is 2.56 bits per heavy atom. The van der Waals surface area contributed by atoms with Crippen LogP contribution in [-0.2, 0) is 14.9 Å². The van der Waals surface area contributed by atoms with Gasteiger partial charge in [0, 0.05) is 24.4 Å². The molecule has 0 aliphatic rings. The lowest BCUT2D eigenvalue weighted by Crippen LogP contribution is -2.51. The van der Waals surface area contributed by atoms with E-state index in [1.807, 2.05) is 32.2 Å². The van der Waals surface area contributed by atoms with Gasteiger partial charge in [0.1, 0.15) is 5.54 Å². The average molecular weight is 250 g/mol. The van der Waals surface area contributed by atoms with Gasteiger partial charge in [-0.05, 0) is 25.5 Å². The van der Waals surface area contributed by atoms with Gasteiger partial charge in [0.15, 0.2) is 0 Å². The minimum Gasteiger partial charge on any atom is -0.468 e. The highest BCUT2D eigenvalue weighted by atomic mass is 16.5. The molecule has 4 nitrogen and oxygen atoms in total. The molecule has 0 radical (unpaired) electrons. The van der Waals surface area contributed by atoms with Crippen molar-refractivity contribution >= 4 is 5.97 Å². The number of nitrogens with one attached hydrogen (secondary N) is 1. The molecule has 1 aromatic rings. The Kier molecular flexibility index (Phi) is 4.46. The molecule has 0 saturated heterocycles. The van der Waals surface area contributed by atoms with Crippen molar-refractivity contribution in [1.82, 2.24) is 10.3 Å². The van der Waals surface area contributed by atoms with Gasteiger partial charge >= 0.3 is 5.97 Å². The maximum Gasteiger partial charge on any atom is 0.325 e. The van der Waals surface area contributed by atoms with E-state index >= 15 is 0 Å². The molecular formula is C14H22N2O2. The van der Waals surface area contributed by atoms with Gasteiger partial charge in [-0.25, -0.2) is 0 Å². The predicted octanol–water partition coefficient (Wildman–Crippen LogP) is 1.90. The first kappa shape index (κ1) is 14.6. The summed E-state index contributed by atoms with van der Waals surface area (Å²) in [6.45, 7) is 8.53. The van der Waals surface area contributed by atoms with E-state index in [2.05, 4.69) is 24.1 Å². The van der Waals surface area contributed by atoms with Gasteiger partial charge in [-0.15, -0.1) is 0 Å².